The van der Waals surface area contributed by atoms with Crippen LogP contribution < -0.4 is 0 Å². The number of hydrogen-bond acceptors (Lipinski definition) is 5. The Hall–Kier alpha value is -2.48. The SMILES string of the molecule is c1cc2sccc2[nH]1.c1cc2sccc2[nH]1.c1ccc2snnc2c1. The summed E-state index contributed by atoms with van der Waals surface area (Å²) in [5, 5.41) is 8.06. The maximum Gasteiger partial charge on any atom is 0.105 e. The van der Waals surface area contributed by atoms with Gasteiger partial charge in [-0.05, 0) is 58.7 Å². The van der Waals surface area contributed by atoms with Gasteiger partial charge in [-0.3, -0.25) is 0 Å². The van der Waals surface area contributed by atoms with Gasteiger partial charge in [0, 0.05) is 12.4 Å². The third kappa shape index (κ3) is 3.79. The molecule has 0 aliphatic carbocycles. The van der Waals surface area contributed by atoms with Gasteiger partial charge in [0.15, 0.2) is 0 Å². The van der Waals surface area contributed by atoms with Gasteiger partial charge in [0.1, 0.15) is 5.52 Å². The summed E-state index contributed by atoms with van der Waals surface area (Å²) in [5.41, 5.74) is 3.48. The largest absolute Gasteiger partial charge is 0.360 e. The maximum absolute atomic E-state index is 3.89. The first-order valence-electron chi connectivity index (χ1n) is 7.58. The summed E-state index contributed by atoms with van der Waals surface area (Å²) in [5.74, 6) is 0. The third-order valence-corrected chi connectivity index (χ3v) is 5.96. The minimum absolute atomic E-state index is 0.988. The fraction of sp³-hybridized carbons (Fsp3) is 0. The zero-order valence-electron chi connectivity index (χ0n) is 13.0. The van der Waals surface area contributed by atoms with E-state index in [1.54, 1.807) is 22.7 Å². The molecule has 7 heteroatoms. The summed E-state index contributed by atoms with van der Waals surface area (Å²) < 4.78 is 7.62. The minimum atomic E-state index is 0.988. The number of fused-ring (bicyclic) bond motifs is 3. The van der Waals surface area contributed by atoms with Gasteiger partial charge in [0.05, 0.1) is 25.1 Å². The van der Waals surface area contributed by atoms with Crippen LogP contribution in [0, 0.1) is 0 Å². The number of aromatic amines is 2. The van der Waals surface area contributed by atoms with E-state index >= 15 is 0 Å². The Morgan fingerprint density at radius 1 is 0.680 bits per heavy atom. The Bertz CT molecular complexity index is 981. The summed E-state index contributed by atoms with van der Waals surface area (Å²) in [6, 6.07) is 16.3. The van der Waals surface area contributed by atoms with E-state index in [1.165, 1.54) is 32.0 Å². The van der Waals surface area contributed by atoms with Crippen molar-refractivity contribution in [3.63, 3.8) is 0 Å². The minimum Gasteiger partial charge on any atom is -0.360 e. The van der Waals surface area contributed by atoms with Crippen LogP contribution in [0.2, 0.25) is 0 Å². The molecule has 0 atom stereocenters. The highest BCUT2D eigenvalue weighted by atomic mass is 32.1. The lowest BCUT2D eigenvalue weighted by molar-refractivity contribution is 1.20. The number of thiophene rings is 2. The third-order valence-electron chi connectivity index (χ3n) is 3.49. The number of nitrogens with one attached hydrogen (secondary N) is 2. The Balaban J connectivity index is 0.0000000943. The van der Waals surface area contributed by atoms with Crippen molar-refractivity contribution in [3.05, 3.63) is 71.7 Å². The fourth-order valence-corrected chi connectivity index (χ4v) is 4.34. The van der Waals surface area contributed by atoms with Gasteiger partial charge in [-0.25, -0.2) is 0 Å². The molecule has 5 aromatic heterocycles. The number of benzene rings is 1. The molecule has 0 fully saturated rings. The molecule has 5 heterocycles. The fourth-order valence-electron chi connectivity index (χ4n) is 2.28. The topological polar surface area (TPSA) is 57.4 Å². The lowest BCUT2D eigenvalue weighted by Crippen LogP contribution is -1.63. The normalized spacial score (nSPS) is 10.4. The van der Waals surface area contributed by atoms with E-state index in [4.69, 9.17) is 0 Å². The van der Waals surface area contributed by atoms with Crippen molar-refractivity contribution < 1.29 is 0 Å². The van der Waals surface area contributed by atoms with Crippen LogP contribution in [0.25, 0.3) is 30.6 Å². The number of aromatic nitrogens is 4. The lowest BCUT2D eigenvalue weighted by atomic mass is 10.3. The quantitative estimate of drug-likeness (QED) is 0.331. The average Bonchev–Trinajstić information content (AvgIpc) is 3.41. The van der Waals surface area contributed by atoms with Crippen molar-refractivity contribution in [2.45, 2.75) is 0 Å². The van der Waals surface area contributed by atoms with E-state index in [9.17, 15) is 0 Å². The monoisotopic (exact) mass is 382 g/mol. The summed E-state index contributed by atoms with van der Waals surface area (Å²) in [7, 11) is 0. The summed E-state index contributed by atoms with van der Waals surface area (Å²) in [6.45, 7) is 0. The molecular formula is C18H14N4S3. The highest BCUT2D eigenvalue weighted by molar-refractivity contribution is 7.17. The lowest BCUT2D eigenvalue weighted by Gasteiger charge is -1.78. The van der Waals surface area contributed by atoms with Crippen LogP contribution in [-0.4, -0.2) is 19.6 Å². The van der Waals surface area contributed by atoms with Gasteiger partial charge < -0.3 is 9.97 Å². The molecule has 0 aliphatic heterocycles. The smallest absolute Gasteiger partial charge is 0.105 e. The van der Waals surface area contributed by atoms with Crippen LogP contribution in [0.1, 0.15) is 0 Å². The van der Waals surface area contributed by atoms with E-state index < -0.39 is 0 Å². The highest BCUT2D eigenvalue weighted by Crippen LogP contribution is 2.18. The van der Waals surface area contributed by atoms with Crippen molar-refractivity contribution in [1.29, 1.82) is 0 Å². The van der Waals surface area contributed by atoms with Gasteiger partial charge in [0.25, 0.3) is 0 Å². The summed E-state index contributed by atoms with van der Waals surface area (Å²) in [4.78, 5) is 6.22. The first-order valence-corrected chi connectivity index (χ1v) is 10.1. The van der Waals surface area contributed by atoms with Crippen molar-refractivity contribution in [3.8, 4) is 0 Å². The molecule has 2 N–H and O–H groups in total. The molecule has 0 amide bonds. The standard InChI is InChI=1S/C6H4N2S.2C6H5NS/c1-2-4-6-5(3-1)7-8-9-6;2*1-3-7-5-2-4-8-6(1)5/h1-4H;2*1-4,7H. The second-order valence-corrected chi connectivity index (χ2v) is 7.77. The van der Waals surface area contributed by atoms with Crippen molar-refractivity contribution in [1.82, 2.24) is 19.6 Å². The van der Waals surface area contributed by atoms with Crippen molar-refractivity contribution >= 4 is 64.9 Å². The predicted molar refractivity (Wildman–Crippen MR) is 110 cm³/mol. The first-order chi connectivity index (χ1) is 12.4. The van der Waals surface area contributed by atoms with Gasteiger partial charge in [-0.2, -0.15) is 0 Å². The molecule has 0 radical (unpaired) electrons. The molecule has 124 valence electrons. The Kier molecular flexibility index (Phi) is 4.87. The van der Waals surface area contributed by atoms with Gasteiger partial charge in [-0.1, -0.05) is 16.6 Å². The molecule has 0 spiro atoms. The van der Waals surface area contributed by atoms with E-state index in [1.807, 2.05) is 36.7 Å². The molecule has 0 unspecified atom stereocenters. The molecule has 0 bridgehead atoms. The second kappa shape index (κ2) is 7.60. The van der Waals surface area contributed by atoms with Crippen LogP contribution in [0.15, 0.2) is 71.7 Å². The average molecular weight is 383 g/mol. The van der Waals surface area contributed by atoms with Crippen LogP contribution in [-0.2, 0) is 0 Å². The zero-order chi connectivity index (χ0) is 16.9. The molecule has 4 nitrogen and oxygen atoms in total. The molecule has 0 aliphatic rings. The molecule has 0 saturated carbocycles. The van der Waals surface area contributed by atoms with Gasteiger partial charge in [-0.15, -0.1) is 27.8 Å². The predicted octanol–water partition coefficient (Wildman–Crippen LogP) is 6.15. The van der Waals surface area contributed by atoms with E-state index in [0.717, 1.165) is 10.2 Å². The number of rotatable bonds is 0. The highest BCUT2D eigenvalue weighted by Gasteiger charge is 1.92. The Morgan fingerprint density at radius 2 is 1.32 bits per heavy atom. The van der Waals surface area contributed by atoms with E-state index in [-0.39, 0.29) is 0 Å². The molecule has 25 heavy (non-hydrogen) atoms. The number of hydrogen-bond donors (Lipinski definition) is 2. The van der Waals surface area contributed by atoms with E-state index in [0.29, 0.717) is 0 Å². The second-order valence-electron chi connectivity index (χ2n) is 5.09. The molecule has 6 aromatic rings. The maximum atomic E-state index is 3.89. The Labute approximate surface area is 155 Å². The van der Waals surface area contributed by atoms with Crippen molar-refractivity contribution in [2.24, 2.45) is 0 Å². The van der Waals surface area contributed by atoms with Crippen LogP contribution in [0.3, 0.4) is 0 Å². The van der Waals surface area contributed by atoms with Crippen LogP contribution in [0.5, 0.6) is 0 Å². The molecule has 1 aromatic carbocycles. The molecular weight excluding hydrogens is 368 g/mol. The molecule has 0 saturated heterocycles. The van der Waals surface area contributed by atoms with E-state index in [2.05, 4.69) is 54.6 Å². The first kappa shape index (κ1) is 16.0. The number of nitrogens with zero attached hydrogens (tertiary/aromatic N) is 2. The van der Waals surface area contributed by atoms with Gasteiger partial charge in [0.2, 0.25) is 0 Å². The summed E-state index contributed by atoms with van der Waals surface area (Å²) >= 11 is 4.95. The molecule has 6 rings (SSSR count). The van der Waals surface area contributed by atoms with Crippen LogP contribution in [0.4, 0.5) is 0 Å². The Morgan fingerprint density at radius 3 is 1.92 bits per heavy atom. The van der Waals surface area contributed by atoms with Crippen molar-refractivity contribution in [2.75, 3.05) is 0 Å². The number of H-pyrrole nitrogens is 2. The van der Waals surface area contributed by atoms with Crippen LogP contribution >= 0.6 is 34.2 Å². The van der Waals surface area contributed by atoms with Gasteiger partial charge >= 0.3 is 0 Å². The zero-order valence-corrected chi connectivity index (χ0v) is 15.5. The summed E-state index contributed by atoms with van der Waals surface area (Å²) in [6.07, 6.45) is 3.92.